The van der Waals surface area contributed by atoms with Gasteiger partial charge in [-0.1, -0.05) is 0 Å². The first-order valence-corrected chi connectivity index (χ1v) is 11.5. The molecule has 17 nitrogen and oxygen atoms in total. The number of phosphoric acid groups is 3. The van der Waals surface area contributed by atoms with Crippen LogP contribution in [0.4, 0.5) is 5.95 Å². The molecular weight excluding hydrogens is 453 g/mol. The van der Waals surface area contributed by atoms with E-state index in [1.54, 1.807) is 0 Å². The van der Waals surface area contributed by atoms with Crippen molar-refractivity contribution < 1.29 is 56.3 Å². The Labute approximate surface area is 155 Å². The van der Waals surface area contributed by atoms with Crippen molar-refractivity contribution in [3.63, 3.8) is 0 Å². The molecule has 20 heteroatoms. The van der Waals surface area contributed by atoms with E-state index in [0.717, 1.165) is 10.9 Å². The van der Waals surface area contributed by atoms with E-state index in [4.69, 9.17) is 25.2 Å². The van der Waals surface area contributed by atoms with Crippen LogP contribution in [0.2, 0.25) is 0 Å². The summed E-state index contributed by atoms with van der Waals surface area (Å²) in [5.74, 6) is -0.288. The molecule has 2 unspecified atom stereocenters. The van der Waals surface area contributed by atoms with E-state index < -0.39 is 54.2 Å². The molecule has 2 heterocycles. The SMILES string of the molecule is Nc1ncn([C@H]2C[C@H](O)[C@@H](COP(=O)(O)OP(=O)(O)OP(=O)(O)O)O2)c(=O)n1. The molecule has 1 aromatic rings. The van der Waals surface area contributed by atoms with E-state index in [0.29, 0.717) is 0 Å². The van der Waals surface area contributed by atoms with Crippen LogP contribution >= 0.6 is 23.5 Å². The zero-order valence-corrected chi connectivity index (χ0v) is 16.2. The van der Waals surface area contributed by atoms with Gasteiger partial charge in [0.25, 0.3) is 0 Å². The van der Waals surface area contributed by atoms with Gasteiger partial charge in [0, 0.05) is 6.42 Å². The molecule has 5 atom stereocenters. The average molecular weight is 468 g/mol. The summed E-state index contributed by atoms with van der Waals surface area (Å²) >= 11 is 0. The molecule has 1 aliphatic rings. The number of nitrogens with zero attached hydrogens (tertiary/aromatic N) is 3. The second kappa shape index (κ2) is 8.36. The first-order valence-electron chi connectivity index (χ1n) is 7.00. The number of hydrogen-bond donors (Lipinski definition) is 6. The van der Waals surface area contributed by atoms with Crippen LogP contribution in [0.3, 0.4) is 0 Å². The zero-order chi connectivity index (χ0) is 21.3. The lowest BCUT2D eigenvalue weighted by molar-refractivity contribution is -0.0452. The lowest BCUT2D eigenvalue weighted by Gasteiger charge is -2.19. The van der Waals surface area contributed by atoms with Crippen LogP contribution in [0.5, 0.6) is 0 Å². The van der Waals surface area contributed by atoms with Gasteiger partial charge in [-0.15, -0.1) is 0 Å². The topological polar surface area (TPSA) is 263 Å². The van der Waals surface area contributed by atoms with Crippen LogP contribution in [0.15, 0.2) is 11.1 Å². The van der Waals surface area contributed by atoms with Crippen molar-refractivity contribution in [1.82, 2.24) is 14.5 Å². The van der Waals surface area contributed by atoms with Crippen molar-refractivity contribution in [1.29, 1.82) is 0 Å². The number of phosphoric ester groups is 1. The highest BCUT2D eigenvalue weighted by Crippen LogP contribution is 2.66. The number of nitrogens with two attached hydrogens (primary N) is 1. The maximum atomic E-state index is 11.7. The van der Waals surface area contributed by atoms with Gasteiger partial charge in [0.15, 0.2) is 0 Å². The summed E-state index contributed by atoms with van der Waals surface area (Å²) in [4.78, 5) is 53.9. The Balaban J connectivity index is 1.98. The predicted molar refractivity (Wildman–Crippen MR) is 85.1 cm³/mol. The van der Waals surface area contributed by atoms with Crippen molar-refractivity contribution in [3.8, 4) is 0 Å². The molecule has 160 valence electrons. The minimum atomic E-state index is -5.66. The largest absolute Gasteiger partial charge is 0.490 e. The third kappa shape index (κ3) is 6.77. The van der Waals surface area contributed by atoms with Crippen LogP contribution < -0.4 is 11.4 Å². The van der Waals surface area contributed by atoms with E-state index >= 15 is 0 Å². The lowest BCUT2D eigenvalue weighted by Crippen LogP contribution is -2.29. The summed E-state index contributed by atoms with van der Waals surface area (Å²) in [7, 11) is -16.5. The normalized spacial score (nSPS) is 27.2. The summed E-state index contributed by atoms with van der Waals surface area (Å²) in [6, 6.07) is 0. The second-order valence-corrected chi connectivity index (χ2v) is 9.64. The number of aliphatic hydroxyl groups is 1. The second-order valence-electron chi connectivity index (χ2n) is 5.22. The standard InChI is InChI=1S/C8H15N4O13P3/c9-7-10-3-12(8(14)11-7)6-1-4(13)5(23-6)2-22-27(18,19)25-28(20,21)24-26(15,16)17/h3-6,13H,1-2H2,(H,18,19)(H,20,21)(H2,9,11,14)(H2,15,16,17)/t4-,5+,6+/m0/s1. The number of nitrogen functional groups attached to an aromatic ring is 1. The summed E-state index contributed by atoms with van der Waals surface area (Å²) in [5.41, 5.74) is 4.41. The highest BCUT2D eigenvalue weighted by atomic mass is 31.3. The van der Waals surface area contributed by atoms with Gasteiger partial charge in [0.2, 0.25) is 5.95 Å². The molecule has 0 spiro atoms. The van der Waals surface area contributed by atoms with Gasteiger partial charge in [-0.2, -0.15) is 13.6 Å². The van der Waals surface area contributed by atoms with Gasteiger partial charge in [-0.3, -0.25) is 9.09 Å². The van der Waals surface area contributed by atoms with Crippen molar-refractivity contribution in [3.05, 3.63) is 16.8 Å². The zero-order valence-electron chi connectivity index (χ0n) is 13.5. The van der Waals surface area contributed by atoms with Gasteiger partial charge in [-0.05, 0) is 0 Å². The molecular formula is C8H15N4O13P3. The Morgan fingerprint density at radius 1 is 1.21 bits per heavy atom. The average Bonchev–Trinajstić information content (AvgIpc) is 2.82. The summed E-state index contributed by atoms with van der Waals surface area (Å²) in [6.07, 6.45) is -2.83. The molecule has 1 fully saturated rings. The van der Waals surface area contributed by atoms with E-state index in [9.17, 15) is 28.5 Å². The first kappa shape index (κ1) is 23.2. The molecule has 0 saturated carbocycles. The predicted octanol–water partition coefficient (Wildman–Crippen LogP) is -1.79. The molecule has 0 amide bonds. The summed E-state index contributed by atoms with van der Waals surface area (Å²) in [6.45, 7) is -0.869. The number of anilines is 1. The van der Waals surface area contributed by atoms with Gasteiger partial charge < -0.3 is 35.2 Å². The van der Waals surface area contributed by atoms with E-state index in [1.807, 2.05) is 0 Å². The maximum Gasteiger partial charge on any atom is 0.490 e. The smallest absolute Gasteiger partial charge is 0.390 e. The van der Waals surface area contributed by atoms with Gasteiger partial charge in [0.1, 0.15) is 18.7 Å². The number of aliphatic hydroxyl groups excluding tert-OH is 1. The third-order valence-corrected chi connectivity index (χ3v) is 6.88. The molecule has 0 aromatic carbocycles. The minimum absolute atomic E-state index is 0.169. The molecule has 28 heavy (non-hydrogen) atoms. The van der Waals surface area contributed by atoms with Gasteiger partial charge in [-0.25, -0.2) is 23.5 Å². The molecule has 1 aliphatic heterocycles. The molecule has 2 rings (SSSR count). The number of rotatable bonds is 8. The maximum absolute atomic E-state index is 11.7. The highest BCUT2D eigenvalue weighted by molar-refractivity contribution is 7.66. The first-order chi connectivity index (χ1) is 12.7. The molecule has 1 saturated heterocycles. The number of aromatic nitrogens is 3. The molecule has 0 radical (unpaired) electrons. The van der Waals surface area contributed by atoms with Gasteiger partial charge in [0.05, 0.1) is 12.7 Å². The fraction of sp³-hybridized carbons (Fsp3) is 0.625. The Hall–Kier alpha value is -1.06. The highest BCUT2D eigenvalue weighted by Gasteiger charge is 2.42. The Bertz CT molecular complexity index is 915. The Morgan fingerprint density at radius 2 is 1.86 bits per heavy atom. The van der Waals surface area contributed by atoms with Crippen LogP contribution in [0.25, 0.3) is 0 Å². The van der Waals surface area contributed by atoms with E-state index in [1.165, 1.54) is 0 Å². The number of hydrogen-bond acceptors (Lipinski definition) is 12. The number of ether oxygens (including phenoxy) is 1. The van der Waals surface area contributed by atoms with Crippen LogP contribution in [0.1, 0.15) is 12.6 Å². The van der Waals surface area contributed by atoms with Crippen molar-refractivity contribution in [2.45, 2.75) is 24.9 Å². The fourth-order valence-corrected chi connectivity index (χ4v) is 5.09. The van der Waals surface area contributed by atoms with Crippen molar-refractivity contribution in [2.24, 2.45) is 0 Å². The van der Waals surface area contributed by atoms with Gasteiger partial charge >= 0.3 is 29.2 Å². The van der Waals surface area contributed by atoms with Crippen molar-refractivity contribution >= 4 is 29.4 Å². The van der Waals surface area contributed by atoms with Crippen LogP contribution in [-0.2, 0) is 31.6 Å². The quantitative estimate of drug-likeness (QED) is 0.230. The third-order valence-electron chi connectivity index (χ3n) is 3.08. The Kier molecular flexibility index (Phi) is 6.93. The monoisotopic (exact) mass is 468 g/mol. The molecule has 7 N–H and O–H groups in total. The Morgan fingerprint density at radius 3 is 2.43 bits per heavy atom. The lowest BCUT2D eigenvalue weighted by atomic mass is 10.2. The van der Waals surface area contributed by atoms with Crippen LogP contribution in [0, 0.1) is 0 Å². The molecule has 0 aliphatic carbocycles. The summed E-state index contributed by atoms with van der Waals surface area (Å²) < 4.78 is 51.0. The van der Waals surface area contributed by atoms with E-state index in [-0.39, 0.29) is 12.4 Å². The molecule has 0 bridgehead atoms. The molecule has 1 aromatic heterocycles. The van der Waals surface area contributed by atoms with E-state index in [2.05, 4.69) is 23.1 Å². The van der Waals surface area contributed by atoms with Crippen molar-refractivity contribution in [2.75, 3.05) is 12.3 Å². The fourth-order valence-electron chi connectivity index (χ4n) is 2.06. The van der Waals surface area contributed by atoms with Crippen LogP contribution in [-0.4, -0.2) is 58.0 Å². The minimum Gasteiger partial charge on any atom is -0.390 e. The summed E-state index contributed by atoms with van der Waals surface area (Å²) in [5, 5.41) is 9.92.